The Balaban J connectivity index is 1.98. The van der Waals surface area contributed by atoms with Crippen molar-refractivity contribution >= 4 is 5.78 Å². The molecule has 0 amide bonds. The molecule has 0 aromatic heterocycles. The minimum atomic E-state index is 0.143. The first-order valence-corrected chi connectivity index (χ1v) is 6.89. The minimum absolute atomic E-state index is 0.143. The van der Waals surface area contributed by atoms with Gasteiger partial charge in [0.25, 0.3) is 0 Å². The zero-order valence-corrected chi connectivity index (χ0v) is 10.8. The quantitative estimate of drug-likeness (QED) is 0.747. The Hall–Kier alpha value is -0.450. The Morgan fingerprint density at radius 1 is 1.24 bits per heavy atom. The molecule has 0 spiro atoms. The third-order valence-corrected chi connectivity index (χ3v) is 4.21. The van der Waals surface area contributed by atoms with E-state index in [1.54, 1.807) is 6.92 Å². The Labute approximate surface area is 104 Å². The van der Waals surface area contributed by atoms with E-state index >= 15 is 0 Å². The van der Waals surface area contributed by atoms with Crippen LogP contribution in [-0.2, 0) is 4.79 Å². The van der Waals surface area contributed by atoms with E-state index in [0.717, 1.165) is 51.9 Å². The lowest BCUT2D eigenvalue weighted by atomic mass is 9.86. The van der Waals surface area contributed by atoms with E-state index in [1.165, 1.54) is 0 Å². The maximum Gasteiger partial charge on any atom is 0.147 e. The molecule has 2 aliphatic heterocycles. The zero-order chi connectivity index (χ0) is 12.3. The van der Waals surface area contributed by atoms with E-state index < -0.39 is 0 Å². The molecule has 1 atom stereocenters. The molecule has 0 aromatic rings. The Morgan fingerprint density at radius 3 is 2.35 bits per heavy atom. The molecule has 4 nitrogen and oxygen atoms in total. The van der Waals surface area contributed by atoms with E-state index in [1.807, 2.05) is 0 Å². The molecule has 2 heterocycles. The van der Waals surface area contributed by atoms with Gasteiger partial charge in [0.05, 0.1) is 6.04 Å². The number of nitrogens with one attached hydrogen (secondary N) is 1. The lowest BCUT2D eigenvalue weighted by molar-refractivity contribution is -0.125. The molecule has 1 unspecified atom stereocenters. The number of ketones is 1. The van der Waals surface area contributed by atoms with Crippen LogP contribution in [0.5, 0.6) is 0 Å². The molecule has 0 bridgehead atoms. The van der Waals surface area contributed by atoms with Crippen LogP contribution in [0, 0.1) is 5.92 Å². The predicted molar refractivity (Wildman–Crippen MR) is 68.8 cm³/mol. The van der Waals surface area contributed by atoms with E-state index in [0.29, 0.717) is 17.7 Å². The first-order chi connectivity index (χ1) is 8.18. The smallest absolute Gasteiger partial charge is 0.147 e. The number of carbonyl (C=O) groups excluding carboxylic acids is 1. The van der Waals surface area contributed by atoms with Gasteiger partial charge in [-0.05, 0) is 51.6 Å². The number of carbonyl (C=O) groups is 1. The fourth-order valence-corrected chi connectivity index (χ4v) is 3.24. The van der Waals surface area contributed by atoms with Crippen molar-refractivity contribution in [1.29, 1.82) is 0 Å². The summed E-state index contributed by atoms with van der Waals surface area (Å²) in [4.78, 5) is 14.3. The summed E-state index contributed by atoms with van der Waals surface area (Å²) >= 11 is 0. The Kier molecular flexibility index (Phi) is 4.54. The largest absolute Gasteiger partial charge is 0.328 e. The Bertz CT molecular complexity index is 255. The van der Waals surface area contributed by atoms with Crippen molar-refractivity contribution in [3.8, 4) is 0 Å². The van der Waals surface area contributed by atoms with Crippen molar-refractivity contribution in [2.45, 2.75) is 44.7 Å². The number of likely N-dealkylation sites (tertiary alicyclic amines) is 1. The van der Waals surface area contributed by atoms with Gasteiger partial charge in [-0.2, -0.15) is 0 Å². The van der Waals surface area contributed by atoms with Gasteiger partial charge >= 0.3 is 0 Å². The summed E-state index contributed by atoms with van der Waals surface area (Å²) in [7, 11) is 0. The molecule has 0 saturated carbocycles. The SMILES string of the molecule is CC(=O)C(C1CCNCC1)N1CCC(N)CC1. The summed E-state index contributed by atoms with van der Waals surface area (Å²) in [5.74, 6) is 0.885. The predicted octanol–water partition coefficient (Wildman–Crippen LogP) is 0.367. The number of piperidine rings is 2. The summed E-state index contributed by atoms with van der Waals surface area (Å²) in [5, 5.41) is 3.37. The molecule has 17 heavy (non-hydrogen) atoms. The fourth-order valence-electron chi connectivity index (χ4n) is 3.24. The lowest BCUT2D eigenvalue weighted by Gasteiger charge is -2.40. The van der Waals surface area contributed by atoms with Crippen molar-refractivity contribution in [3.63, 3.8) is 0 Å². The van der Waals surface area contributed by atoms with Gasteiger partial charge in [0, 0.05) is 19.1 Å². The molecule has 2 rings (SSSR count). The van der Waals surface area contributed by atoms with Crippen molar-refractivity contribution in [3.05, 3.63) is 0 Å². The number of nitrogens with zero attached hydrogens (tertiary/aromatic N) is 1. The van der Waals surface area contributed by atoms with E-state index in [9.17, 15) is 4.79 Å². The van der Waals surface area contributed by atoms with Crippen molar-refractivity contribution in [2.75, 3.05) is 26.2 Å². The highest BCUT2D eigenvalue weighted by atomic mass is 16.1. The lowest BCUT2D eigenvalue weighted by Crippen LogP contribution is -2.52. The van der Waals surface area contributed by atoms with Crippen LogP contribution in [0.15, 0.2) is 0 Å². The second-order valence-electron chi connectivity index (χ2n) is 5.52. The van der Waals surface area contributed by atoms with Crippen LogP contribution in [0.1, 0.15) is 32.6 Å². The first kappa shape index (κ1) is 13.0. The molecule has 0 aromatic carbocycles. The van der Waals surface area contributed by atoms with Crippen molar-refractivity contribution in [1.82, 2.24) is 10.2 Å². The van der Waals surface area contributed by atoms with Crippen LogP contribution >= 0.6 is 0 Å². The van der Waals surface area contributed by atoms with Crippen LogP contribution in [-0.4, -0.2) is 48.9 Å². The van der Waals surface area contributed by atoms with Gasteiger partial charge in [-0.1, -0.05) is 0 Å². The van der Waals surface area contributed by atoms with Crippen molar-refractivity contribution < 1.29 is 4.79 Å². The molecular formula is C13H25N3O. The van der Waals surface area contributed by atoms with E-state index in [4.69, 9.17) is 5.73 Å². The van der Waals surface area contributed by atoms with Crippen molar-refractivity contribution in [2.24, 2.45) is 11.7 Å². The summed E-state index contributed by atoms with van der Waals surface area (Å²) in [5.41, 5.74) is 5.93. The highest BCUT2D eigenvalue weighted by Crippen LogP contribution is 2.24. The van der Waals surface area contributed by atoms with Gasteiger partial charge < -0.3 is 11.1 Å². The molecule has 4 heteroatoms. The maximum atomic E-state index is 11.9. The highest BCUT2D eigenvalue weighted by Gasteiger charge is 2.33. The molecule has 98 valence electrons. The van der Waals surface area contributed by atoms with Gasteiger partial charge in [-0.15, -0.1) is 0 Å². The van der Waals surface area contributed by atoms with E-state index in [2.05, 4.69) is 10.2 Å². The first-order valence-electron chi connectivity index (χ1n) is 6.89. The monoisotopic (exact) mass is 239 g/mol. The van der Waals surface area contributed by atoms with Gasteiger partial charge in [0.2, 0.25) is 0 Å². The van der Waals surface area contributed by atoms with Crippen LogP contribution in [0.4, 0.5) is 0 Å². The molecule has 0 radical (unpaired) electrons. The number of hydrogen-bond donors (Lipinski definition) is 2. The molecule has 0 aliphatic carbocycles. The second-order valence-corrected chi connectivity index (χ2v) is 5.52. The molecule has 2 saturated heterocycles. The van der Waals surface area contributed by atoms with Gasteiger partial charge in [0.1, 0.15) is 5.78 Å². The fraction of sp³-hybridized carbons (Fsp3) is 0.923. The number of hydrogen-bond acceptors (Lipinski definition) is 4. The summed E-state index contributed by atoms with van der Waals surface area (Å²) in [6.07, 6.45) is 4.34. The van der Waals surface area contributed by atoms with Crippen LogP contribution in [0.3, 0.4) is 0 Å². The number of Topliss-reactive ketones (excluding diaryl/α,β-unsaturated/α-hetero) is 1. The van der Waals surface area contributed by atoms with Gasteiger partial charge in [0.15, 0.2) is 0 Å². The molecular weight excluding hydrogens is 214 g/mol. The normalized spacial score (nSPS) is 26.9. The average molecular weight is 239 g/mol. The second kappa shape index (κ2) is 5.94. The third kappa shape index (κ3) is 3.27. The van der Waals surface area contributed by atoms with E-state index in [-0.39, 0.29) is 6.04 Å². The average Bonchev–Trinajstić information content (AvgIpc) is 2.33. The standard InChI is InChI=1S/C13H25N3O/c1-10(17)13(11-2-6-15-7-3-11)16-8-4-12(14)5-9-16/h11-13,15H,2-9,14H2,1H3. The number of nitrogens with two attached hydrogens (primary N) is 1. The highest BCUT2D eigenvalue weighted by molar-refractivity contribution is 5.81. The Morgan fingerprint density at radius 2 is 1.82 bits per heavy atom. The summed E-state index contributed by atoms with van der Waals surface area (Å²) in [6.45, 7) is 5.86. The minimum Gasteiger partial charge on any atom is -0.328 e. The zero-order valence-electron chi connectivity index (χ0n) is 10.8. The molecule has 2 aliphatic rings. The van der Waals surface area contributed by atoms with Crippen LogP contribution in [0.25, 0.3) is 0 Å². The van der Waals surface area contributed by atoms with Gasteiger partial charge in [-0.25, -0.2) is 0 Å². The maximum absolute atomic E-state index is 11.9. The summed E-state index contributed by atoms with van der Waals surface area (Å²) < 4.78 is 0. The molecule has 3 N–H and O–H groups in total. The molecule has 2 fully saturated rings. The summed E-state index contributed by atoms with van der Waals surface area (Å²) in [6, 6.07) is 0.483. The van der Waals surface area contributed by atoms with Crippen LogP contribution < -0.4 is 11.1 Å². The van der Waals surface area contributed by atoms with Gasteiger partial charge in [-0.3, -0.25) is 9.69 Å². The van der Waals surface area contributed by atoms with Crippen LogP contribution in [0.2, 0.25) is 0 Å². The number of rotatable bonds is 3. The third-order valence-electron chi connectivity index (χ3n) is 4.21. The topological polar surface area (TPSA) is 58.4 Å².